The summed E-state index contributed by atoms with van der Waals surface area (Å²) in [5.74, 6) is -1.03. The van der Waals surface area contributed by atoms with Gasteiger partial charge in [-0.2, -0.15) is 0 Å². The number of rotatable bonds is 9. The third kappa shape index (κ3) is 9.35. The minimum atomic E-state index is -0.853. The van der Waals surface area contributed by atoms with Crippen LogP contribution < -0.4 is 5.32 Å². The van der Waals surface area contributed by atoms with E-state index in [1.807, 2.05) is 67.6 Å². The molecule has 7 heteroatoms. The first-order valence-electron chi connectivity index (χ1n) is 11.1. The van der Waals surface area contributed by atoms with Crippen LogP contribution in [-0.4, -0.2) is 47.6 Å². The summed E-state index contributed by atoms with van der Waals surface area (Å²) < 4.78 is 10.8. The first-order valence-corrected chi connectivity index (χ1v) is 11.1. The van der Waals surface area contributed by atoms with Gasteiger partial charge < -0.3 is 14.8 Å². The van der Waals surface area contributed by atoms with E-state index in [2.05, 4.69) is 5.32 Å². The van der Waals surface area contributed by atoms with Crippen LogP contribution in [-0.2, 0) is 25.7 Å². The Hall–Kier alpha value is -3.35. The van der Waals surface area contributed by atoms with E-state index in [0.29, 0.717) is 6.54 Å². The fourth-order valence-electron chi connectivity index (χ4n) is 3.12. The SMILES string of the molecule is C[C@H](NC(=O)CN(C[C@H](C)c1ccccc1)C(=O)OC(C)(C)C)C(=O)OCc1ccccc1. The Bertz CT molecular complexity index is 909. The lowest BCUT2D eigenvalue weighted by Crippen LogP contribution is -2.48. The smallest absolute Gasteiger partial charge is 0.410 e. The van der Waals surface area contributed by atoms with Crippen molar-refractivity contribution in [1.82, 2.24) is 10.2 Å². The quantitative estimate of drug-likeness (QED) is 0.572. The highest BCUT2D eigenvalue weighted by molar-refractivity contribution is 5.87. The van der Waals surface area contributed by atoms with Gasteiger partial charge in [0.05, 0.1) is 0 Å². The maximum absolute atomic E-state index is 12.8. The molecule has 33 heavy (non-hydrogen) atoms. The van der Waals surface area contributed by atoms with Crippen molar-refractivity contribution in [3.8, 4) is 0 Å². The molecular weight excluding hydrogens is 420 g/mol. The van der Waals surface area contributed by atoms with E-state index in [9.17, 15) is 14.4 Å². The molecule has 0 fully saturated rings. The molecule has 178 valence electrons. The zero-order chi connectivity index (χ0) is 24.4. The summed E-state index contributed by atoms with van der Waals surface area (Å²) in [6.45, 7) is 9.03. The number of esters is 1. The van der Waals surface area contributed by atoms with Gasteiger partial charge in [-0.15, -0.1) is 0 Å². The van der Waals surface area contributed by atoms with Crippen LogP contribution in [0.3, 0.4) is 0 Å². The highest BCUT2D eigenvalue weighted by Gasteiger charge is 2.27. The molecule has 2 amide bonds. The normalized spacial score (nSPS) is 12.9. The summed E-state index contributed by atoms with van der Waals surface area (Å²) in [5.41, 5.74) is 1.20. The summed E-state index contributed by atoms with van der Waals surface area (Å²) in [4.78, 5) is 39.1. The fraction of sp³-hybridized carbons (Fsp3) is 0.423. The number of carbonyl (C=O) groups is 3. The van der Waals surface area contributed by atoms with E-state index in [-0.39, 0.29) is 19.1 Å². The minimum Gasteiger partial charge on any atom is -0.459 e. The van der Waals surface area contributed by atoms with E-state index >= 15 is 0 Å². The number of benzene rings is 2. The topological polar surface area (TPSA) is 84.9 Å². The zero-order valence-electron chi connectivity index (χ0n) is 20.0. The Morgan fingerprint density at radius 3 is 2.09 bits per heavy atom. The molecule has 2 aromatic rings. The number of ether oxygens (including phenoxy) is 2. The van der Waals surface area contributed by atoms with Gasteiger partial charge >= 0.3 is 12.1 Å². The van der Waals surface area contributed by atoms with Crippen LogP contribution in [0, 0.1) is 0 Å². The molecule has 0 spiro atoms. The van der Waals surface area contributed by atoms with Gasteiger partial charge in [0.1, 0.15) is 24.8 Å². The van der Waals surface area contributed by atoms with Crippen LogP contribution in [0.1, 0.15) is 51.7 Å². The van der Waals surface area contributed by atoms with Crippen LogP contribution in [0.15, 0.2) is 60.7 Å². The number of nitrogens with zero attached hydrogens (tertiary/aromatic N) is 1. The molecule has 0 aliphatic carbocycles. The van der Waals surface area contributed by atoms with E-state index in [4.69, 9.17) is 9.47 Å². The first kappa shape index (κ1) is 25.9. The van der Waals surface area contributed by atoms with Crippen LogP contribution in [0.25, 0.3) is 0 Å². The van der Waals surface area contributed by atoms with Crippen molar-refractivity contribution in [3.63, 3.8) is 0 Å². The first-order chi connectivity index (χ1) is 15.5. The molecule has 2 aromatic carbocycles. The summed E-state index contributed by atoms with van der Waals surface area (Å²) in [6.07, 6.45) is -0.584. The summed E-state index contributed by atoms with van der Waals surface area (Å²) in [6, 6.07) is 18.2. The van der Waals surface area contributed by atoms with Gasteiger partial charge in [0.15, 0.2) is 0 Å². The molecule has 0 heterocycles. The summed E-state index contributed by atoms with van der Waals surface area (Å²) in [7, 11) is 0. The highest BCUT2D eigenvalue weighted by atomic mass is 16.6. The predicted octanol–water partition coefficient (Wildman–Crippen LogP) is 4.28. The summed E-state index contributed by atoms with van der Waals surface area (Å²) in [5, 5.41) is 2.61. The number of amides is 2. The second-order valence-corrected chi connectivity index (χ2v) is 9.06. The third-order valence-corrected chi connectivity index (χ3v) is 4.80. The van der Waals surface area contributed by atoms with Crippen LogP contribution in [0.5, 0.6) is 0 Å². The average molecular weight is 455 g/mol. The second-order valence-electron chi connectivity index (χ2n) is 9.06. The van der Waals surface area contributed by atoms with Gasteiger partial charge in [0, 0.05) is 6.54 Å². The molecule has 0 bridgehead atoms. The molecule has 0 saturated heterocycles. The van der Waals surface area contributed by atoms with Crippen molar-refractivity contribution in [1.29, 1.82) is 0 Å². The molecule has 1 N–H and O–H groups in total. The van der Waals surface area contributed by atoms with E-state index < -0.39 is 29.6 Å². The van der Waals surface area contributed by atoms with Gasteiger partial charge in [0.25, 0.3) is 0 Å². The lowest BCUT2D eigenvalue weighted by atomic mass is 10.0. The van der Waals surface area contributed by atoms with Crippen molar-refractivity contribution in [2.24, 2.45) is 0 Å². The van der Waals surface area contributed by atoms with Crippen molar-refractivity contribution in [2.45, 2.75) is 58.8 Å². The van der Waals surface area contributed by atoms with Crippen LogP contribution in [0.2, 0.25) is 0 Å². The predicted molar refractivity (Wildman–Crippen MR) is 127 cm³/mol. The molecule has 0 unspecified atom stereocenters. The monoisotopic (exact) mass is 454 g/mol. The van der Waals surface area contributed by atoms with Crippen molar-refractivity contribution < 1.29 is 23.9 Å². The Morgan fingerprint density at radius 1 is 0.939 bits per heavy atom. The van der Waals surface area contributed by atoms with E-state index in [0.717, 1.165) is 11.1 Å². The van der Waals surface area contributed by atoms with Gasteiger partial charge in [-0.05, 0) is 44.7 Å². The largest absolute Gasteiger partial charge is 0.459 e. The zero-order valence-corrected chi connectivity index (χ0v) is 20.0. The van der Waals surface area contributed by atoms with E-state index in [1.165, 1.54) is 4.90 Å². The Labute approximate surface area is 196 Å². The van der Waals surface area contributed by atoms with Gasteiger partial charge in [-0.3, -0.25) is 9.69 Å². The molecule has 2 rings (SSSR count). The number of carbonyl (C=O) groups excluding carboxylic acids is 3. The molecule has 0 radical (unpaired) electrons. The molecule has 0 aliphatic rings. The Kier molecular flexibility index (Phi) is 9.45. The maximum Gasteiger partial charge on any atom is 0.410 e. The lowest BCUT2D eigenvalue weighted by Gasteiger charge is -2.29. The standard InChI is InChI=1S/C26H34N2O5/c1-19(22-14-10-7-11-15-22)16-28(25(31)33-26(3,4)5)17-23(29)27-20(2)24(30)32-18-21-12-8-6-9-13-21/h6-15,19-20H,16-18H2,1-5H3,(H,27,29)/t19-,20-/m0/s1. The molecule has 0 aliphatic heterocycles. The number of hydrogen-bond donors (Lipinski definition) is 1. The van der Waals surface area contributed by atoms with E-state index in [1.54, 1.807) is 27.7 Å². The molecule has 7 nitrogen and oxygen atoms in total. The minimum absolute atomic E-state index is 0.0141. The van der Waals surface area contributed by atoms with Gasteiger partial charge in [0.2, 0.25) is 5.91 Å². The lowest BCUT2D eigenvalue weighted by molar-refractivity contribution is -0.148. The van der Waals surface area contributed by atoms with Crippen molar-refractivity contribution in [2.75, 3.05) is 13.1 Å². The van der Waals surface area contributed by atoms with Gasteiger partial charge in [-0.25, -0.2) is 9.59 Å². The Morgan fingerprint density at radius 2 is 1.52 bits per heavy atom. The van der Waals surface area contributed by atoms with Crippen molar-refractivity contribution in [3.05, 3.63) is 71.8 Å². The summed E-state index contributed by atoms with van der Waals surface area (Å²) >= 11 is 0. The molecular formula is C26H34N2O5. The van der Waals surface area contributed by atoms with Crippen molar-refractivity contribution >= 4 is 18.0 Å². The number of nitrogens with one attached hydrogen (secondary N) is 1. The van der Waals surface area contributed by atoms with Gasteiger partial charge in [-0.1, -0.05) is 67.6 Å². The average Bonchev–Trinajstić information content (AvgIpc) is 2.77. The van der Waals surface area contributed by atoms with Crippen LogP contribution in [0.4, 0.5) is 4.79 Å². The molecule has 2 atom stereocenters. The maximum atomic E-state index is 12.8. The molecule has 0 aromatic heterocycles. The number of hydrogen-bond acceptors (Lipinski definition) is 5. The van der Waals surface area contributed by atoms with Crippen LogP contribution >= 0.6 is 0 Å². The fourth-order valence-corrected chi connectivity index (χ4v) is 3.12. The second kappa shape index (κ2) is 12.0. The Balaban J connectivity index is 1.97. The highest BCUT2D eigenvalue weighted by Crippen LogP contribution is 2.18. The molecule has 0 saturated carbocycles. The third-order valence-electron chi connectivity index (χ3n) is 4.80.